The Morgan fingerprint density at radius 3 is 2.65 bits per heavy atom. The van der Waals surface area contributed by atoms with Gasteiger partial charge in [-0.3, -0.25) is 4.79 Å². The number of furan rings is 1. The number of carbonyl (C=O) groups is 1. The van der Waals surface area contributed by atoms with Crippen LogP contribution in [0, 0.1) is 6.92 Å². The highest BCUT2D eigenvalue weighted by Crippen LogP contribution is 2.27. The van der Waals surface area contributed by atoms with Crippen molar-refractivity contribution in [1.29, 1.82) is 0 Å². The van der Waals surface area contributed by atoms with Gasteiger partial charge < -0.3 is 15.1 Å². The fourth-order valence-corrected chi connectivity index (χ4v) is 3.46. The molecule has 5 nitrogen and oxygen atoms in total. The molecule has 1 fully saturated rings. The minimum absolute atomic E-state index is 0.137. The third kappa shape index (κ3) is 3.57. The first-order valence-electron chi connectivity index (χ1n) is 9.22. The van der Waals surface area contributed by atoms with Crippen LogP contribution in [0.4, 0.5) is 11.5 Å². The monoisotopic (exact) mass is 349 g/mol. The van der Waals surface area contributed by atoms with Crippen LogP contribution >= 0.6 is 0 Å². The molecule has 1 amide bonds. The number of pyridine rings is 1. The van der Waals surface area contributed by atoms with Gasteiger partial charge in [0, 0.05) is 17.8 Å². The Kier molecular flexibility index (Phi) is 4.61. The van der Waals surface area contributed by atoms with E-state index < -0.39 is 0 Å². The predicted octanol–water partition coefficient (Wildman–Crippen LogP) is 4.94. The first kappa shape index (κ1) is 16.6. The molecule has 0 atom stereocenters. The Labute approximate surface area is 152 Å². The maximum Gasteiger partial charge on any atom is 0.270 e. The molecule has 2 heterocycles. The van der Waals surface area contributed by atoms with Gasteiger partial charge in [-0.15, -0.1) is 0 Å². The van der Waals surface area contributed by atoms with Crippen LogP contribution in [0.3, 0.4) is 0 Å². The summed E-state index contributed by atoms with van der Waals surface area (Å²) in [6, 6.07) is 11.9. The van der Waals surface area contributed by atoms with Crippen molar-refractivity contribution in [2.75, 3.05) is 5.32 Å². The lowest BCUT2D eigenvalue weighted by Crippen LogP contribution is -2.36. The third-order valence-electron chi connectivity index (χ3n) is 4.94. The molecule has 0 radical (unpaired) electrons. The van der Waals surface area contributed by atoms with Gasteiger partial charge in [0.15, 0.2) is 0 Å². The Morgan fingerprint density at radius 2 is 1.88 bits per heavy atom. The summed E-state index contributed by atoms with van der Waals surface area (Å²) in [5, 5.41) is 7.29. The molecule has 0 spiro atoms. The van der Waals surface area contributed by atoms with Gasteiger partial charge in [-0.1, -0.05) is 37.0 Å². The SMILES string of the molecule is Cc1ccc(Nc2nc(C(=O)NC3CCCCC3)cc3occc23)cc1. The number of benzene rings is 1. The number of fused-ring (bicyclic) bond motifs is 1. The Balaban J connectivity index is 1.61. The van der Waals surface area contributed by atoms with E-state index in [1.54, 1.807) is 12.3 Å². The van der Waals surface area contributed by atoms with E-state index in [2.05, 4.69) is 15.6 Å². The van der Waals surface area contributed by atoms with Gasteiger partial charge in [0.05, 0.1) is 11.6 Å². The minimum atomic E-state index is -0.137. The van der Waals surface area contributed by atoms with E-state index in [1.807, 2.05) is 37.3 Å². The zero-order chi connectivity index (χ0) is 17.9. The van der Waals surface area contributed by atoms with E-state index in [0.29, 0.717) is 17.1 Å². The Morgan fingerprint density at radius 1 is 1.12 bits per heavy atom. The van der Waals surface area contributed by atoms with E-state index in [0.717, 1.165) is 23.9 Å². The van der Waals surface area contributed by atoms with Crippen molar-refractivity contribution in [2.24, 2.45) is 0 Å². The van der Waals surface area contributed by atoms with E-state index in [4.69, 9.17) is 4.42 Å². The molecular weight excluding hydrogens is 326 g/mol. The fourth-order valence-electron chi connectivity index (χ4n) is 3.46. The van der Waals surface area contributed by atoms with Gasteiger partial charge >= 0.3 is 0 Å². The Bertz CT molecular complexity index is 909. The standard InChI is InChI=1S/C21H23N3O2/c1-14-7-9-16(10-8-14)22-20-17-11-12-26-19(17)13-18(24-20)21(25)23-15-5-3-2-4-6-15/h7-13,15H,2-6H2,1H3,(H,22,24)(H,23,25). The zero-order valence-corrected chi connectivity index (χ0v) is 14.9. The molecule has 5 heteroatoms. The molecule has 1 aliphatic carbocycles. The van der Waals surface area contributed by atoms with Crippen LogP contribution < -0.4 is 10.6 Å². The van der Waals surface area contributed by atoms with E-state index in [1.165, 1.54) is 24.8 Å². The molecule has 3 aromatic rings. The van der Waals surface area contributed by atoms with E-state index in [-0.39, 0.29) is 11.9 Å². The molecule has 4 rings (SSSR count). The molecule has 134 valence electrons. The molecular formula is C21H23N3O2. The van der Waals surface area contributed by atoms with E-state index >= 15 is 0 Å². The number of carbonyl (C=O) groups excluding carboxylic acids is 1. The first-order chi connectivity index (χ1) is 12.7. The molecule has 1 saturated carbocycles. The highest BCUT2D eigenvalue weighted by Gasteiger charge is 2.19. The Hall–Kier alpha value is -2.82. The molecule has 0 aliphatic heterocycles. The summed E-state index contributed by atoms with van der Waals surface area (Å²) in [5.41, 5.74) is 3.16. The van der Waals surface area contributed by atoms with Crippen LogP contribution in [0.2, 0.25) is 0 Å². The lowest BCUT2D eigenvalue weighted by molar-refractivity contribution is 0.0923. The van der Waals surface area contributed by atoms with Crippen molar-refractivity contribution in [3.8, 4) is 0 Å². The van der Waals surface area contributed by atoms with Gasteiger partial charge in [-0.05, 0) is 38.0 Å². The topological polar surface area (TPSA) is 67.2 Å². The number of hydrogen-bond donors (Lipinski definition) is 2. The van der Waals surface area contributed by atoms with Crippen LogP contribution in [0.25, 0.3) is 11.0 Å². The van der Waals surface area contributed by atoms with Crippen LogP contribution in [-0.4, -0.2) is 16.9 Å². The second-order valence-corrected chi connectivity index (χ2v) is 6.99. The van der Waals surface area contributed by atoms with Crippen molar-refractivity contribution < 1.29 is 9.21 Å². The molecule has 2 N–H and O–H groups in total. The average molecular weight is 349 g/mol. The summed E-state index contributed by atoms with van der Waals surface area (Å²) >= 11 is 0. The highest BCUT2D eigenvalue weighted by molar-refractivity contribution is 5.99. The molecule has 1 aliphatic rings. The second-order valence-electron chi connectivity index (χ2n) is 6.99. The number of aryl methyl sites for hydroxylation is 1. The summed E-state index contributed by atoms with van der Waals surface area (Å²) in [6.45, 7) is 2.05. The molecule has 2 aromatic heterocycles. The lowest BCUT2D eigenvalue weighted by atomic mass is 9.95. The summed E-state index contributed by atoms with van der Waals surface area (Å²) in [7, 11) is 0. The normalized spacial score (nSPS) is 15.1. The third-order valence-corrected chi connectivity index (χ3v) is 4.94. The summed E-state index contributed by atoms with van der Waals surface area (Å²) in [4.78, 5) is 17.3. The summed E-state index contributed by atoms with van der Waals surface area (Å²) in [5.74, 6) is 0.496. The van der Waals surface area contributed by atoms with Crippen LogP contribution in [0.15, 0.2) is 47.1 Å². The first-order valence-corrected chi connectivity index (χ1v) is 9.22. The fraction of sp³-hybridized carbons (Fsp3) is 0.333. The largest absolute Gasteiger partial charge is 0.464 e. The van der Waals surface area contributed by atoms with Gasteiger partial charge in [-0.2, -0.15) is 0 Å². The molecule has 1 aromatic carbocycles. The summed E-state index contributed by atoms with van der Waals surface area (Å²) < 4.78 is 5.54. The quantitative estimate of drug-likeness (QED) is 0.700. The van der Waals surface area contributed by atoms with Gasteiger partial charge in [0.1, 0.15) is 17.1 Å². The number of hydrogen-bond acceptors (Lipinski definition) is 4. The number of nitrogens with zero attached hydrogens (tertiary/aromatic N) is 1. The van der Waals surface area contributed by atoms with Crippen molar-refractivity contribution in [2.45, 2.75) is 45.1 Å². The lowest BCUT2D eigenvalue weighted by Gasteiger charge is -2.22. The number of anilines is 2. The maximum absolute atomic E-state index is 12.7. The van der Waals surface area contributed by atoms with Crippen LogP contribution in [0.1, 0.15) is 48.2 Å². The number of aromatic nitrogens is 1. The highest BCUT2D eigenvalue weighted by atomic mass is 16.3. The van der Waals surface area contributed by atoms with E-state index in [9.17, 15) is 4.79 Å². The van der Waals surface area contributed by atoms with Crippen molar-refractivity contribution in [3.63, 3.8) is 0 Å². The maximum atomic E-state index is 12.7. The van der Waals surface area contributed by atoms with Gasteiger partial charge in [0.2, 0.25) is 0 Å². The number of amides is 1. The zero-order valence-electron chi connectivity index (χ0n) is 14.9. The molecule has 0 bridgehead atoms. The van der Waals surface area contributed by atoms with Crippen LogP contribution in [0.5, 0.6) is 0 Å². The molecule has 0 saturated heterocycles. The van der Waals surface area contributed by atoms with Gasteiger partial charge in [-0.25, -0.2) is 4.98 Å². The van der Waals surface area contributed by atoms with Crippen molar-refractivity contribution in [3.05, 3.63) is 53.9 Å². The smallest absolute Gasteiger partial charge is 0.270 e. The number of rotatable bonds is 4. The average Bonchev–Trinajstić information content (AvgIpc) is 3.13. The van der Waals surface area contributed by atoms with Gasteiger partial charge in [0.25, 0.3) is 5.91 Å². The summed E-state index contributed by atoms with van der Waals surface area (Å²) in [6.07, 6.45) is 7.32. The number of nitrogens with one attached hydrogen (secondary N) is 2. The van der Waals surface area contributed by atoms with Crippen molar-refractivity contribution >= 4 is 28.4 Å². The van der Waals surface area contributed by atoms with Crippen molar-refractivity contribution in [1.82, 2.24) is 10.3 Å². The predicted molar refractivity (Wildman–Crippen MR) is 103 cm³/mol. The minimum Gasteiger partial charge on any atom is -0.464 e. The molecule has 0 unspecified atom stereocenters. The second kappa shape index (κ2) is 7.20. The van der Waals surface area contributed by atoms with Crippen LogP contribution in [-0.2, 0) is 0 Å². The molecule has 26 heavy (non-hydrogen) atoms.